The zero-order valence-corrected chi connectivity index (χ0v) is 15.4. The van der Waals surface area contributed by atoms with Gasteiger partial charge >= 0.3 is 0 Å². The van der Waals surface area contributed by atoms with Crippen molar-refractivity contribution in [2.45, 2.75) is 25.3 Å². The minimum absolute atomic E-state index is 0.0989. The number of morpholine rings is 1. The highest BCUT2D eigenvalue weighted by molar-refractivity contribution is 5.95. The van der Waals surface area contributed by atoms with Crippen molar-refractivity contribution in [1.82, 2.24) is 4.90 Å². The largest absolute Gasteiger partial charge is 0.378 e. The zero-order valence-electron chi connectivity index (χ0n) is 15.4. The van der Waals surface area contributed by atoms with Crippen LogP contribution in [0.15, 0.2) is 48.5 Å². The summed E-state index contributed by atoms with van der Waals surface area (Å²) < 4.78 is 5.43. The zero-order chi connectivity index (χ0) is 17.9. The molecule has 4 nitrogen and oxygen atoms in total. The molecular weight excluding hydrogens is 324 g/mol. The number of fused-ring (bicyclic) bond motifs is 1. The van der Waals surface area contributed by atoms with Crippen molar-refractivity contribution in [2.24, 2.45) is 0 Å². The van der Waals surface area contributed by atoms with E-state index in [-0.39, 0.29) is 11.9 Å². The molecule has 136 valence electrons. The molecule has 1 saturated heterocycles. The molecule has 1 heterocycles. The molecule has 1 atom stereocenters. The van der Waals surface area contributed by atoms with Gasteiger partial charge < -0.3 is 14.5 Å². The van der Waals surface area contributed by atoms with Crippen molar-refractivity contribution >= 4 is 11.6 Å². The Morgan fingerprint density at radius 2 is 1.92 bits per heavy atom. The number of ether oxygens (including phenoxy) is 1. The molecule has 0 N–H and O–H groups in total. The highest BCUT2D eigenvalue weighted by Gasteiger charge is 2.27. The van der Waals surface area contributed by atoms with E-state index in [1.165, 1.54) is 11.1 Å². The summed E-state index contributed by atoms with van der Waals surface area (Å²) in [6.07, 6.45) is 3.27. The maximum atomic E-state index is 13.2. The second kappa shape index (κ2) is 7.50. The fourth-order valence-electron chi connectivity index (χ4n) is 4.13. The summed E-state index contributed by atoms with van der Waals surface area (Å²) in [5.41, 5.74) is 4.56. The van der Waals surface area contributed by atoms with Crippen LogP contribution >= 0.6 is 0 Å². The lowest BCUT2D eigenvalue weighted by atomic mass is 9.87. The van der Waals surface area contributed by atoms with Crippen LogP contribution < -0.4 is 4.90 Å². The number of hydrogen-bond donors (Lipinski definition) is 0. The highest BCUT2D eigenvalue weighted by atomic mass is 16.5. The van der Waals surface area contributed by atoms with Gasteiger partial charge in [0, 0.05) is 31.4 Å². The van der Waals surface area contributed by atoms with E-state index in [1.807, 2.05) is 30.1 Å². The van der Waals surface area contributed by atoms with Gasteiger partial charge in [-0.3, -0.25) is 4.79 Å². The lowest BCUT2D eigenvalue weighted by Gasteiger charge is -2.34. The monoisotopic (exact) mass is 350 g/mol. The van der Waals surface area contributed by atoms with E-state index >= 15 is 0 Å². The molecule has 4 heteroatoms. The van der Waals surface area contributed by atoms with Crippen LogP contribution in [-0.4, -0.2) is 44.2 Å². The van der Waals surface area contributed by atoms with E-state index < -0.39 is 0 Å². The van der Waals surface area contributed by atoms with Crippen LogP contribution in [0.2, 0.25) is 0 Å². The Kier molecular flexibility index (Phi) is 4.93. The molecule has 0 radical (unpaired) electrons. The van der Waals surface area contributed by atoms with Gasteiger partial charge in [-0.2, -0.15) is 0 Å². The highest BCUT2D eigenvalue weighted by Crippen LogP contribution is 2.34. The fourth-order valence-corrected chi connectivity index (χ4v) is 4.13. The fraction of sp³-hybridized carbons (Fsp3) is 0.409. The summed E-state index contributed by atoms with van der Waals surface area (Å²) in [6.45, 7) is 3.25. The van der Waals surface area contributed by atoms with Crippen molar-refractivity contribution < 1.29 is 9.53 Å². The smallest absolute Gasteiger partial charge is 0.254 e. The first-order valence-corrected chi connectivity index (χ1v) is 9.52. The van der Waals surface area contributed by atoms with Crippen LogP contribution in [0.25, 0.3) is 0 Å². The number of benzene rings is 2. The van der Waals surface area contributed by atoms with Crippen LogP contribution in [0.3, 0.4) is 0 Å². The van der Waals surface area contributed by atoms with Crippen molar-refractivity contribution in [2.75, 3.05) is 38.3 Å². The maximum absolute atomic E-state index is 13.2. The Morgan fingerprint density at radius 1 is 1.12 bits per heavy atom. The summed E-state index contributed by atoms with van der Waals surface area (Å²) >= 11 is 0. The molecule has 1 amide bonds. The second-order valence-corrected chi connectivity index (χ2v) is 7.17. The molecule has 1 aliphatic carbocycles. The van der Waals surface area contributed by atoms with Gasteiger partial charge in [-0.15, -0.1) is 0 Å². The second-order valence-electron chi connectivity index (χ2n) is 7.17. The number of nitrogens with zero attached hydrogens (tertiary/aromatic N) is 2. The topological polar surface area (TPSA) is 32.8 Å². The molecule has 0 unspecified atom stereocenters. The van der Waals surface area contributed by atoms with E-state index in [4.69, 9.17) is 4.74 Å². The Labute approximate surface area is 155 Å². The molecule has 0 aromatic heterocycles. The van der Waals surface area contributed by atoms with Gasteiger partial charge in [0.1, 0.15) is 0 Å². The normalized spacial score (nSPS) is 19.7. The minimum atomic E-state index is 0.0989. The molecule has 0 spiro atoms. The lowest BCUT2D eigenvalue weighted by Crippen LogP contribution is -2.36. The predicted molar refractivity (Wildman–Crippen MR) is 104 cm³/mol. The Balaban J connectivity index is 1.56. The van der Waals surface area contributed by atoms with Gasteiger partial charge in [0.05, 0.1) is 19.3 Å². The first-order valence-electron chi connectivity index (χ1n) is 9.52. The van der Waals surface area contributed by atoms with Crippen LogP contribution in [-0.2, 0) is 11.2 Å². The summed E-state index contributed by atoms with van der Waals surface area (Å²) in [5.74, 6) is 0.0989. The van der Waals surface area contributed by atoms with E-state index in [9.17, 15) is 4.79 Å². The van der Waals surface area contributed by atoms with Crippen LogP contribution in [0, 0.1) is 0 Å². The Morgan fingerprint density at radius 3 is 2.77 bits per heavy atom. The minimum Gasteiger partial charge on any atom is -0.378 e. The van der Waals surface area contributed by atoms with Crippen molar-refractivity contribution in [3.63, 3.8) is 0 Å². The van der Waals surface area contributed by atoms with Crippen LogP contribution in [0.4, 0.5) is 5.69 Å². The number of anilines is 1. The quantitative estimate of drug-likeness (QED) is 0.847. The van der Waals surface area contributed by atoms with E-state index in [2.05, 4.69) is 35.2 Å². The van der Waals surface area contributed by atoms with Gasteiger partial charge in [0.25, 0.3) is 5.91 Å². The van der Waals surface area contributed by atoms with Gasteiger partial charge in [0.2, 0.25) is 0 Å². The number of carbonyl (C=O) groups excluding carboxylic acids is 1. The molecule has 2 aliphatic rings. The van der Waals surface area contributed by atoms with E-state index in [1.54, 1.807) is 0 Å². The summed E-state index contributed by atoms with van der Waals surface area (Å²) in [5, 5.41) is 0. The molecule has 26 heavy (non-hydrogen) atoms. The third kappa shape index (κ3) is 3.34. The number of carbonyl (C=O) groups is 1. The number of amides is 1. The first-order chi connectivity index (χ1) is 12.7. The van der Waals surface area contributed by atoms with Crippen molar-refractivity contribution in [1.29, 1.82) is 0 Å². The number of aryl methyl sites for hydroxylation is 1. The van der Waals surface area contributed by atoms with Gasteiger partial charge in [-0.25, -0.2) is 0 Å². The van der Waals surface area contributed by atoms with Crippen LogP contribution in [0.1, 0.15) is 40.4 Å². The van der Waals surface area contributed by atoms with E-state index in [0.717, 1.165) is 56.8 Å². The van der Waals surface area contributed by atoms with Gasteiger partial charge in [0.15, 0.2) is 0 Å². The van der Waals surface area contributed by atoms with Crippen molar-refractivity contribution in [3.05, 3.63) is 65.2 Å². The predicted octanol–water partition coefficient (Wildman–Crippen LogP) is 3.67. The lowest BCUT2D eigenvalue weighted by molar-refractivity contribution is 0.0715. The molecule has 0 saturated carbocycles. The number of rotatable bonds is 3. The maximum Gasteiger partial charge on any atom is 0.254 e. The van der Waals surface area contributed by atoms with Crippen LogP contribution in [0.5, 0.6) is 0 Å². The molecule has 0 bridgehead atoms. The molecule has 1 aliphatic heterocycles. The summed E-state index contributed by atoms with van der Waals surface area (Å²) in [6, 6.07) is 16.7. The SMILES string of the molecule is CN(C(=O)c1cccc(N2CCOCC2)c1)[C@@H]1CCCc2ccccc21. The van der Waals surface area contributed by atoms with E-state index in [0.29, 0.717) is 0 Å². The van der Waals surface area contributed by atoms with Crippen molar-refractivity contribution in [3.8, 4) is 0 Å². The average Bonchev–Trinajstić information content (AvgIpc) is 2.73. The molecule has 2 aromatic rings. The molecule has 2 aromatic carbocycles. The standard InChI is InChI=1S/C22H26N2O2/c1-23(21-11-5-7-17-6-2-3-10-20(17)21)22(25)18-8-4-9-19(16-18)24-12-14-26-15-13-24/h2-4,6,8-10,16,21H,5,7,11-15H2,1H3/t21-/m1/s1. The Bertz CT molecular complexity index is 783. The third-order valence-corrected chi connectivity index (χ3v) is 5.59. The third-order valence-electron chi connectivity index (χ3n) is 5.59. The molecule has 1 fully saturated rings. The summed E-state index contributed by atoms with van der Waals surface area (Å²) in [7, 11) is 1.94. The average molecular weight is 350 g/mol. The summed E-state index contributed by atoms with van der Waals surface area (Å²) in [4.78, 5) is 17.4. The van der Waals surface area contributed by atoms with Gasteiger partial charge in [-0.05, 0) is 48.6 Å². The van der Waals surface area contributed by atoms with Gasteiger partial charge in [-0.1, -0.05) is 30.3 Å². The number of hydrogen-bond acceptors (Lipinski definition) is 3. The Hall–Kier alpha value is -2.33. The first kappa shape index (κ1) is 17.1. The molecular formula is C22H26N2O2. The molecule has 4 rings (SSSR count).